The van der Waals surface area contributed by atoms with Gasteiger partial charge >= 0.3 is 0 Å². The van der Waals surface area contributed by atoms with Gasteiger partial charge in [0, 0.05) is 16.9 Å². The molecule has 0 bridgehead atoms. The van der Waals surface area contributed by atoms with Gasteiger partial charge in [0.1, 0.15) is 11.5 Å². The number of benzene rings is 2. The minimum Gasteiger partial charge on any atom is -0.457 e. The largest absolute Gasteiger partial charge is 0.457 e. The highest BCUT2D eigenvalue weighted by atomic mass is 32.2. The highest BCUT2D eigenvalue weighted by Gasteiger charge is 2.21. The molecule has 0 aromatic heterocycles. The molecular weight excluding hydrogens is 244 g/mol. The Hall–Kier alpha value is -1.45. The Kier molecular flexibility index (Phi) is 3.02. The molecule has 1 N–H and O–H groups in total. The number of rotatable bonds is 1. The Morgan fingerprint density at radius 2 is 2.00 bits per heavy atom. The van der Waals surface area contributed by atoms with Gasteiger partial charge in [-0.05, 0) is 36.1 Å². The molecule has 1 aliphatic rings. The van der Waals surface area contributed by atoms with Crippen molar-refractivity contribution >= 4 is 11.8 Å². The van der Waals surface area contributed by atoms with Crippen molar-refractivity contribution in [1.82, 2.24) is 0 Å². The lowest BCUT2D eigenvalue weighted by atomic mass is 10.0. The van der Waals surface area contributed by atoms with Crippen LogP contribution in [0.25, 0.3) is 0 Å². The second kappa shape index (κ2) is 4.67. The molecule has 3 heteroatoms. The number of ether oxygens (including phenoxy) is 1. The summed E-state index contributed by atoms with van der Waals surface area (Å²) < 4.78 is 5.90. The number of aliphatic hydroxyl groups excluding tert-OH is 1. The van der Waals surface area contributed by atoms with E-state index in [9.17, 15) is 5.11 Å². The van der Waals surface area contributed by atoms with Gasteiger partial charge in [-0.1, -0.05) is 18.2 Å². The van der Waals surface area contributed by atoms with Crippen molar-refractivity contribution in [2.75, 3.05) is 6.26 Å². The summed E-state index contributed by atoms with van der Waals surface area (Å²) in [5, 5.41) is 10.3. The predicted octanol–water partition coefficient (Wildman–Crippen LogP) is 3.79. The van der Waals surface area contributed by atoms with Crippen LogP contribution < -0.4 is 4.74 Å². The van der Waals surface area contributed by atoms with Crippen LogP contribution >= 0.6 is 11.8 Å². The second-order valence-corrected chi connectivity index (χ2v) is 5.21. The molecule has 1 heterocycles. The van der Waals surface area contributed by atoms with Crippen LogP contribution in [0.4, 0.5) is 0 Å². The molecule has 1 atom stereocenters. The average Bonchev–Trinajstić information content (AvgIpc) is 2.54. The molecule has 0 spiro atoms. The predicted molar refractivity (Wildman–Crippen MR) is 73.4 cm³/mol. The van der Waals surface area contributed by atoms with Gasteiger partial charge in [0.05, 0.1) is 6.10 Å². The van der Waals surface area contributed by atoms with E-state index in [4.69, 9.17) is 4.74 Å². The molecule has 2 aromatic rings. The normalized spacial score (nSPS) is 17.3. The molecule has 0 saturated heterocycles. The number of aliphatic hydroxyl groups is 1. The summed E-state index contributed by atoms with van der Waals surface area (Å²) in [6.07, 6.45) is 2.12. The first kappa shape index (κ1) is 11.6. The molecule has 0 aliphatic carbocycles. The molecule has 18 heavy (non-hydrogen) atoms. The Labute approximate surface area is 111 Å². The topological polar surface area (TPSA) is 29.5 Å². The van der Waals surface area contributed by atoms with E-state index in [0.29, 0.717) is 6.42 Å². The van der Waals surface area contributed by atoms with Gasteiger partial charge in [-0.25, -0.2) is 0 Å². The molecule has 0 radical (unpaired) electrons. The summed E-state index contributed by atoms with van der Waals surface area (Å²) in [7, 11) is 0. The molecule has 1 aliphatic heterocycles. The third-order valence-corrected chi connectivity index (χ3v) is 3.91. The van der Waals surface area contributed by atoms with Crippen LogP contribution in [0.2, 0.25) is 0 Å². The molecular formula is C15H14O2S. The summed E-state index contributed by atoms with van der Waals surface area (Å²) in [4.78, 5) is 1.14. The SMILES string of the molecule is CSc1ccc2c(c1)[C@H](O)Cc1ccccc1O2. The summed E-state index contributed by atoms with van der Waals surface area (Å²) in [5.41, 5.74) is 1.92. The van der Waals surface area contributed by atoms with Crippen molar-refractivity contribution in [1.29, 1.82) is 0 Å². The number of fused-ring (bicyclic) bond motifs is 2. The van der Waals surface area contributed by atoms with Crippen LogP contribution in [0, 0.1) is 0 Å². The van der Waals surface area contributed by atoms with Crippen LogP contribution in [0.15, 0.2) is 47.4 Å². The van der Waals surface area contributed by atoms with E-state index in [-0.39, 0.29) is 0 Å². The van der Waals surface area contributed by atoms with E-state index in [1.54, 1.807) is 11.8 Å². The van der Waals surface area contributed by atoms with Crippen LogP contribution in [-0.4, -0.2) is 11.4 Å². The van der Waals surface area contributed by atoms with Crippen LogP contribution in [-0.2, 0) is 6.42 Å². The van der Waals surface area contributed by atoms with Gasteiger partial charge in [-0.15, -0.1) is 11.8 Å². The van der Waals surface area contributed by atoms with Crippen molar-refractivity contribution in [3.8, 4) is 11.5 Å². The zero-order valence-electron chi connectivity index (χ0n) is 10.1. The van der Waals surface area contributed by atoms with Gasteiger partial charge in [-0.3, -0.25) is 0 Å². The third-order valence-electron chi connectivity index (χ3n) is 3.18. The lowest BCUT2D eigenvalue weighted by molar-refractivity contribution is 0.178. The fourth-order valence-electron chi connectivity index (χ4n) is 2.22. The van der Waals surface area contributed by atoms with Gasteiger partial charge in [0.25, 0.3) is 0 Å². The van der Waals surface area contributed by atoms with Crippen molar-refractivity contribution in [2.24, 2.45) is 0 Å². The van der Waals surface area contributed by atoms with Gasteiger partial charge in [0.2, 0.25) is 0 Å². The molecule has 0 saturated carbocycles. The summed E-state index contributed by atoms with van der Waals surface area (Å²) in [6, 6.07) is 13.8. The molecule has 0 unspecified atom stereocenters. The van der Waals surface area contributed by atoms with Crippen LogP contribution in [0.1, 0.15) is 17.2 Å². The lowest BCUT2D eigenvalue weighted by Crippen LogP contribution is -2.00. The molecule has 2 nitrogen and oxygen atoms in total. The Bertz CT molecular complexity index is 580. The average molecular weight is 258 g/mol. The maximum atomic E-state index is 10.3. The minimum absolute atomic E-state index is 0.504. The summed E-state index contributed by atoms with van der Waals surface area (Å²) in [6.45, 7) is 0. The van der Waals surface area contributed by atoms with E-state index in [2.05, 4.69) is 0 Å². The van der Waals surface area contributed by atoms with E-state index in [1.807, 2.05) is 48.7 Å². The second-order valence-electron chi connectivity index (χ2n) is 4.33. The van der Waals surface area contributed by atoms with Crippen molar-refractivity contribution in [3.63, 3.8) is 0 Å². The first-order valence-electron chi connectivity index (χ1n) is 5.89. The molecule has 0 amide bonds. The molecule has 92 valence electrons. The highest BCUT2D eigenvalue weighted by molar-refractivity contribution is 7.98. The third kappa shape index (κ3) is 2.00. The smallest absolute Gasteiger partial charge is 0.133 e. The van der Waals surface area contributed by atoms with Crippen LogP contribution in [0.5, 0.6) is 11.5 Å². The van der Waals surface area contributed by atoms with E-state index in [0.717, 1.165) is 27.5 Å². The zero-order valence-corrected chi connectivity index (χ0v) is 10.9. The summed E-state index contributed by atoms with van der Waals surface area (Å²) >= 11 is 1.67. The quantitative estimate of drug-likeness (QED) is 0.789. The standard InChI is InChI=1S/C15H14O2S/c1-18-11-6-7-15-12(9-11)13(16)8-10-4-2-3-5-14(10)17-15/h2-7,9,13,16H,8H2,1H3/t13-/m1/s1. The van der Waals surface area contributed by atoms with Gasteiger partial charge < -0.3 is 9.84 Å². The maximum absolute atomic E-state index is 10.3. The monoisotopic (exact) mass is 258 g/mol. The Balaban J connectivity index is 2.10. The highest BCUT2D eigenvalue weighted by Crippen LogP contribution is 2.39. The zero-order chi connectivity index (χ0) is 12.5. The minimum atomic E-state index is -0.504. The van der Waals surface area contributed by atoms with Gasteiger partial charge in [-0.2, -0.15) is 0 Å². The van der Waals surface area contributed by atoms with E-state index in [1.165, 1.54) is 0 Å². The molecule has 0 fully saturated rings. The first-order valence-corrected chi connectivity index (χ1v) is 7.12. The Morgan fingerprint density at radius 1 is 1.17 bits per heavy atom. The van der Waals surface area contributed by atoms with Crippen molar-refractivity contribution < 1.29 is 9.84 Å². The maximum Gasteiger partial charge on any atom is 0.133 e. The number of hydrogen-bond donors (Lipinski definition) is 1. The first-order chi connectivity index (χ1) is 8.78. The number of hydrogen-bond acceptors (Lipinski definition) is 3. The van der Waals surface area contributed by atoms with Crippen LogP contribution in [0.3, 0.4) is 0 Å². The van der Waals surface area contributed by atoms with E-state index < -0.39 is 6.10 Å². The molecule has 2 aromatic carbocycles. The summed E-state index contributed by atoms with van der Waals surface area (Å²) in [5.74, 6) is 1.59. The lowest BCUT2D eigenvalue weighted by Gasteiger charge is -2.11. The number of thioether (sulfide) groups is 1. The van der Waals surface area contributed by atoms with Crippen molar-refractivity contribution in [3.05, 3.63) is 53.6 Å². The fourth-order valence-corrected chi connectivity index (χ4v) is 2.66. The van der Waals surface area contributed by atoms with Crippen molar-refractivity contribution in [2.45, 2.75) is 17.4 Å². The van der Waals surface area contributed by atoms with E-state index >= 15 is 0 Å². The van der Waals surface area contributed by atoms with Gasteiger partial charge in [0.15, 0.2) is 0 Å². The fraction of sp³-hybridized carbons (Fsp3) is 0.200. The number of para-hydroxylation sites is 1. The molecule has 3 rings (SSSR count). The Morgan fingerprint density at radius 3 is 2.83 bits per heavy atom.